The van der Waals surface area contributed by atoms with Crippen molar-refractivity contribution < 1.29 is 27.9 Å². The summed E-state index contributed by atoms with van der Waals surface area (Å²) in [4.78, 5) is 14.9. The van der Waals surface area contributed by atoms with E-state index in [0.717, 1.165) is 0 Å². The van der Waals surface area contributed by atoms with Gasteiger partial charge in [-0.3, -0.25) is 4.84 Å². The lowest BCUT2D eigenvalue weighted by Gasteiger charge is -2.09. The van der Waals surface area contributed by atoms with E-state index < -0.39 is 18.8 Å². The van der Waals surface area contributed by atoms with Crippen molar-refractivity contribution in [1.29, 1.82) is 0 Å². The van der Waals surface area contributed by atoms with Crippen molar-refractivity contribution in [3.8, 4) is 0 Å². The molecule has 0 aromatic heterocycles. The van der Waals surface area contributed by atoms with Crippen LogP contribution in [0.5, 0.6) is 0 Å². The summed E-state index contributed by atoms with van der Waals surface area (Å²) in [5, 5.41) is 8.72. The minimum absolute atomic E-state index is 0.0244. The van der Waals surface area contributed by atoms with Crippen LogP contribution in [0.4, 0.5) is 13.2 Å². The molecule has 1 rings (SSSR count). The molecule has 0 heterocycles. The minimum atomic E-state index is -4.39. The number of carbonyl (C=O) groups is 1. The number of nitrogens with one attached hydrogen (secondary N) is 1. The maximum atomic E-state index is 11.8. The van der Waals surface area contributed by atoms with Crippen LogP contribution in [0.2, 0.25) is 0 Å². The van der Waals surface area contributed by atoms with Crippen LogP contribution >= 0.6 is 15.9 Å². The number of hydrogen-bond acceptors (Lipinski definition) is 3. The van der Waals surface area contributed by atoms with Gasteiger partial charge in [-0.2, -0.15) is 18.7 Å². The number of benzene rings is 1. The summed E-state index contributed by atoms with van der Waals surface area (Å²) >= 11 is 3.13. The van der Waals surface area contributed by atoms with Gasteiger partial charge in [-0.05, 0) is 17.7 Å². The quantitative estimate of drug-likeness (QED) is 0.645. The zero-order valence-corrected chi connectivity index (χ0v) is 10.5. The first-order chi connectivity index (χ1) is 8.29. The van der Waals surface area contributed by atoms with Crippen LogP contribution in [0.25, 0.3) is 0 Å². The van der Waals surface area contributed by atoms with Gasteiger partial charge in [-0.15, -0.1) is 0 Å². The van der Waals surface area contributed by atoms with Crippen molar-refractivity contribution in [2.45, 2.75) is 12.7 Å². The Kier molecular flexibility index (Phi) is 5.12. The van der Waals surface area contributed by atoms with Gasteiger partial charge in [0.2, 0.25) is 0 Å². The van der Waals surface area contributed by atoms with Gasteiger partial charge in [0.05, 0.1) is 5.56 Å². The number of hydrogen-bond donors (Lipinski definition) is 2. The molecule has 0 spiro atoms. The molecule has 0 aliphatic carbocycles. The van der Waals surface area contributed by atoms with Crippen LogP contribution < -0.4 is 5.48 Å². The van der Waals surface area contributed by atoms with Crippen molar-refractivity contribution in [3.05, 3.63) is 33.8 Å². The van der Waals surface area contributed by atoms with E-state index in [1.807, 2.05) is 0 Å². The van der Waals surface area contributed by atoms with Crippen molar-refractivity contribution in [3.63, 3.8) is 0 Å². The lowest BCUT2D eigenvalue weighted by Crippen LogP contribution is -2.24. The summed E-state index contributed by atoms with van der Waals surface area (Å²) < 4.78 is 35.8. The van der Waals surface area contributed by atoms with Gasteiger partial charge in [0.1, 0.15) is 0 Å². The van der Waals surface area contributed by atoms with E-state index in [2.05, 4.69) is 26.2 Å². The fraction of sp³-hybridized carbons (Fsp3) is 0.300. The summed E-state index contributed by atoms with van der Waals surface area (Å²) in [5.41, 5.74) is 2.82. The molecule has 0 atom stereocenters. The molecule has 0 amide bonds. The topological polar surface area (TPSA) is 58.6 Å². The third-order valence-electron chi connectivity index (χ3n) is 1.90. The molecule has 2 N–H and O–H groups in total. The molecule has 1 aromatic rings. The Morgan fingerprint density at radius 3 is 2.61 bits per heavy atom. The van der Waals surface area contributed by atoms with Gasteiger partial charge in [0, 0.05) is 11.0 Å². The molecule has 0 bridgehead atoms. The van der Waals surface area contributed by atoms with E-state index in [-0.39, 0.29) is 12.1 Å². The minimum Gasteiger partial charge on any atom is -0.478 e. The molecule has 0 aliphatic heterocycles. The number of aromatic carboxylic acids is 1. The summed E-state index contributed by atoms with van der Waals surface area (Å²) in [6, 6.07) is 4.20. The van der Waals surface area contributed by atoms with Gasteiger partial charge in [-0.25, -0.2) is 4.79 Å². The second-order valence-corrected chi connectivity index (χ2v) is 4.19. The predicted molar refractivity (Wildman–Crippen MR) is 59.9 cm³/mol. The van der Waals surface area contributed by atoms with Crippen LogP contribution in [0, 0.1) is 0 Å². The fourth-order valence-electron chi connectivity index (χ4n) is 1.09. The van der Waals surface area contributed by atoms with E-state index in [4.69, 9.17) is 5.11 Å². The zero-order valence-electron chi connectivity index (χ0n) is 8.92. The maximum Gasteiger partial charge on any atom is 0.413 e. The highest BCUT2D eigenvalue weighted by molar-refractivity contribution is 9.10. The molecule has 100 valence electrons. The smallest absolute Gasteiger partial charge is 0.413 e. The molecule has 0 saturated heterocycles. The molecular formula is C10H9BrF3NO3. The molecule has 8 heteroatoms. The summed E-state index contributed by atoms with van der Waals surface area (Å²) in [6.07, 6.45) is -4.39. The van der Waals surface area contributed by atoms with Crippen LogP contribution in [0.3, 0.4) is 0 Å². The highest BCUT2D eigenvalue weighted by atomic mass is 79.9. The Balaban J connectivity index is 2.51. The van der Waals surface area contributed by atoms with Crippen molar-refractivity contribution >= 4 is 21.9 Å². The molecule has 0 aliphatic rings. The monoisotopic (exact) mass is 327 g/mol. The first kappa shape index (κ1) is 14.9. The van der Waals surface area contributed by atoms with Crippen LogP contribution in [0.1, 0.15) is 15.9 Å². The van der Waals surface area contributed by atoms with E-state index >= 15 is 0 Å². The molecule has 1 aromatic carbocycles. The SMILES string of the molecule is O=C(O)c1ccc(CNOCC(F)(F)F)c(Br)c1. The third-order valence-corrected chi connectivity index (χ3v) is 2.64. The number of rotatable bonds is 5. The van der Waals surface area contributed by atoms with Gasteiger partial charge in [-0.1, -0.05) is 22.0 Å². The summed E-state index contributed by atoms with van der Waals surface area (Å²) in [5.74, 6) is -1.08. The molecule has 0 unspecified atom stereocenters. The number of carboxylic acids is 1. The van der Waals surface area contributed by atoms with Gasteiger partial charge < -0.3 is 5.11 Å². The molecule has 0 radical (unpaired) electrons. The highest BCUT2D eigenvalue weighted by Crippen LogP contribution is 2.19. The molecule has 18 heavy (non-hydrogen) atoms. The Bertz CT molecular complexity index is 437. The third kappa shape index (κ3) is 5.03. The van der Waals surface area contributed by atoms with E-state index in [0.29, 0.717) is 10.0 Å². The van der Waals surface area contributed by atoms with Crippen molar-refractivity contribution in [1.82, 2.24) is 5.48 Å². The Morgan fingerprint density at radius 2 is 2.11 bits per heavy atom. The largest absolute Gasteiger partial charge is 0.478 e. The van der Waals surface area contributed by atoms with E-state index in [1.165, 1.54) is 18.2 Å². The van der Waals surface area contributed by atoms with E-state index in [1.54, 1.807) is 0 Å². The van der Waals surface area contributed by atoms with Crippen LogP contribution in [0.15, 0.2) is 22.7 Å². The van der Waals surface area contributed by atoms with Gasteiger partial charge in [0.15, 0.2) is 6.61 Å². The zero-order chi connectivity index (χ0) is 13.8. The van der Waals surface area contributed by atoms with Crippen molar-refractivity contribution in [2.75, 3.05) is 6.61 Å². The van der Waals surface area contributed by atoms with Crippen LogP contribution in [-0.2, 0) is 11.4 Å². The van der Waals surface area contributed by atoms with E-state index in [9.17, 15) is 18.0 Å². The maximum absolute atomic E-state index is 11.8. The first-order valence-electron chi connectivity index (χ1n) is 4.73. The Labute approximate surface area is 109 Å². The number of halogens is 4. The van der Waals surface area contributed by atoms with Crippen LogP contribution in [-0.4, -0.2) is 23.9 Å². The molecule has 0 saturated carbocycles. The Hall–Kier alpha value is -1.12. The Morgan fingerprint density at radius 1 is 1.44 bits per heavy atom. The van der Waals surface area contributed by atoms with Crippen molar-refractivity contribution in [2.24, 2.45) is 0 Å². The average Bonchev–Trinajstić information content (AvgIpc) is 2.24. The lowest BCUT2D eigenvalue weighted by molar-refractivity contribution is -0.190. The normalized spacial score (nSPS) is 11.6. The molecule has 0 fully saturated rings. The lowest BCUT2D eigenvalue weighted by atomic mass is 10.1. The highest BCUT2D eigenvalue weighted by Gasteiger charge is 2.27. The molecule has 4 nitrogen and oxygen atoms in total. The van der Waals surface area contributed by atoms with Gasteiger partial charge >= 0.3 is 12.1 Å². The first-order valence-corrected chi connectivity index (χ1v) is 5.52. The summed E-state index contributed by atoms with van der Waals surface area (Å²) in [6.45, 7) is -1.37. The molecular weight excluding hydrogens is 319 g/mol. The standard InChI is InChI=1S/C10H9BrF3NO3/c11-8-3-6(9(16)17)1-2-7(8)4-15-18-5-10(12,13)14/h1-3,15H,4-5H2,(H,16,17). The predicted octanol–water partition coefficient (Wildman–Crippen LogP) is 2.73. The number of alkyl halides is 3. The second-order valence-electron chi connectivity index (χ2n) is 3.34. The average molecular weight is 328 g/mol. The summed E-state index contributed by atoms with van der Waals surface area (Å²) in [7, 11) is 0. The second kappa shape index (κ2) is 6.17. The number of carboxylic acid groups (broad SMARTS) is 1. The number of hydroxylamine groups is 1. The fourth-order valence-corrected chi connectivity index (χ4v) is 1.60. The van der Waals surface area contributed by atoms with Gasteiger partial charge in [0.25, 0.3) is 0 Å².